The number of anilines is 1. The highest BCUT2D eigenvalue weighted by Gasteiger charge is 2.37. The second kappa shape index (κ2) is 5.61. The van der Waals surface area contributed by atoms with E-state index in [1.165, 1.54) is 6.07 Å². The predicted octanol–water partition coefficient (Wildman–Crippen LogP) is 5.33. The van der Waals surface area contributed by atoms with E-state index in [2.05, 4.69) is 15.5 Å². The third kappa shape index (κ3) is 2.21. The minimum Gasteiger partial charge on any atom is -0.371 e. The number of rotatable bonds is 1. The topological polar surface area (TPSA) is 42.7 Å². The van der Waals surface area contributed by atoms with Crippen molar-refractivity contribution in [3.05, 3.63) is 71.8 Å². The van der Waals surface area contributed by atoms with Crippen LogP contribution in [0.15, 0.2) is 48.5 Å². The molecule has 4 aromatic rings. The summed E-state index contributed by atoms with van der Waals surface area (Å²) in [5, 5.41) is 13.3. The van der Waals surface area contributed by atoms with E-state index in [4.69, 9.17) is 0 Å². The van der Waals surface area contributed by atoms with Crippen LogP contribution in [-0.2, 0) is 5.54 Å². The lowest BCUT2D eigenvalue weighted by atomic mass is 9.94. The lowest BCUT2D eigenvalue weighted by Gasteiger charge is -2.34. The first kappa shape index (κ1) is 16.9. The maximum Gasteiger partial charge on any atom is 0.162 e. The minimum atomic E-state index is -0.626. The first-order valence-electron chi connectivity index (χ1n) is 9.09. The molecule has 0 atom stereocenters. The number of aryl methyl sites for hydroxylation is 1. The van der Waals surface area contributed by atoms with E-state index < -0.39 is 17.2 Å². The maximum atomic E-state index is 15.9. The highest BCUT2D eigenvalue weighted by atomic mass is 19.1. The molecule has 28 heavy (non-hydrogen) atoms. The Hall–Kier alpha value is -3.28. The summed E-state index contributed by atoms with van der Waals surface area (Å²) in [6.45, 7) is 5.58. The van der Waals surface area contributed by atoms with Crippen molar-refractivity contribution in [3.8, 4) is 16.8 Å². The molecule has 2 heterocycles. The zero-order valence-corrected chi connectivity index (χ0v) is 15.7. The molecular formula is C22H18F2N4. The average Bonchev–Trinajstić information content (AvgIpc) is 3.04. The largest absolute Gasteiger partial charge is 0.371 e. The van der Waals surface area contributed by atoms with Crippen molar-refractivity contribution in [2.24, 2.45) is 0 Å². The van der Waals surface area contributed by atoms with Gasteiger partial charge in [0.1, 0.15) is 17.3 Å². The van der Waals surface area contributed by atoms with E-state index in [1.54, 1.807) is 17.6 Å². The van der Waals surface area contributed by atoms with E-state index >= 15 is 8.78 Å². The number of hydrogen-bond donors (Lipinski definition) is 1. The summed E-state index contributed by atoms with van der Waals surface area (Å²) in [6.07, 6.45) is 0. The standard InChI is InChI=1S/C22H18F2N4/c1-12-26-27-21-22(2,3)25-17-11-16(23)18(19(24)20(17)28(12)21)15-10-6-8-13-7-4-5-9-14(13)15/h4-11,25H,1-3H3. The van der Waals surface area contributed by atoms with Gasteiger partial charge in [-0.1, -0.05) is 42.5 Å². The number of benzene rings is 3. The van der Waals surface area contributed by atoms with Gasteiger partial charge in [0.2, 0.25) is 0 Å². The van der Waals surface area contributed by atoms with Gasteiger partial charge < -0.3 is 5.32 Å². The van der Waals surface area contributed by atoms with Crippen LogP contribution < -0.4 is 5.32 Å². The summed E-state index contributed by atoms with van der Waals surface area (Å²) in [4.78, 5) is 0. The summed E-state index contributed by atoms with van der Waals surface area (Å²) in [7, 11) is 0. The molecule has 1 aromatic heterocycles. The van der Waals surface area contributed by atoms with Crippen LogP contribution in [0, 0.1) is 18.6 Å². The number of aromatic nitrogens is 3. The number of halogens is 2. The van der Waals surface area contributed by atoms with Crippen LogP contribution in [0.4, 0.5) is 14.5 Å². The Morgan fingerprint density at radius 1 is 1.00 bits per heavy atom. The van der Waals surface area contributed by atoms with E-state index in [-0.39, 0.29) is 11.3 Å². The first-order valence-corrected chi connectivity index (χ1v) is 9.09. The molecule has 5 rings (SSSR count). The Morgan fingerprint density at radius 2 is 1.75 bits per heavy atom. The van der Waals surface area contributed by atoms with E-state index in [9.17, 15) is 0 Å². The summed E-state index contributed by atoms with van der Waals surface area (Å²) < 4.78 is 32.7. The molecule has 1 aliphatic rings. The highest BCUT2D eigenvalue weighted by molar-refractivity contribution is 5.97. The second-order valence-corrected chi connectivity index (χ2v) is 7.63. The van der Waals surface area contributed by atoms with Crippen molar-refractivity contribution in [2.45, 2.75) is 26.3 Å². The van der Waals surface area contributed by atoms with Crippen LogP contribution in [0.3, 0.4) is 0 Å². The lowest BCUT2D eigenvalue weighted by molar-refractivity contribution is 0.517. The molecule has 0 aliphatic carbocycles. The molecule has 0 saturated heterocycles. The van der Waals surface area contributed by atoms with Gasteiger partial charge >= 0.3 is 0 Å². The van der Waals surface area contributed by atoms with Crippen molar-refractivity contribution < 1.29 is 8.78 Å². The van der Waals surface area contributed by atoms with Gasteiger partial charge in [0.05, 0.1) is 16.8 Å². The van der Waals surface area contributed by atoms with Gasteiger partial charge in [-0.3, -0.25) is 4.57 Å². The Balaban J connectivity index is 1.86. The van der Waals surface area contributed by atoms with Gasteiger partial charge in [-0.2, -0.15) is 0 Å². The SMILES string of the molecule is Cc1nnc2n1-c1c(cc(F)c(-c3cccc4ccccc34)c1F)NC2(C)C. The molecular weight excluding hydrogens is 358 g/mol. The molecule has 140 valence electrons. The van der Waals surface area contributed by atoms with Crippen LogP contribution in [0.2, 0.25) is 0 Å². The molecule has 6 heteroatoms. The molecule has 0 radical (unpaired) electrons. The molecule has 4 nitrogen and oxygen atoms in total. The third-order valence-corrected chi connectivity index (χ3v) is 5.31. The molecule has 0 unspecified atom stereocenters. The van der Waals surface area contributed by atoms with Crippen molar-refractivity contribution in [1.29, 1.82) is 0 Å². The smallest absolute Gasteiger partial charge is 0.162 e. The number of hydrogen-bond acceptors (Lipinski definition) is 3. The van der Waals surface area contributed by atoms with Crippen LogP contribution in [-0.4, -0.2) is 14.8 Å². The van der Waals surface area contributed by atoms with Gasteiger partial charge in [-0.25, -0.2) is 8.78 Å². The van der Waals surface area contributed by atoms with Crippen LogP contribution in [0.1, 0.15) is 25.5 Å². The molecule has 0 bridgehead atoms. The Kier molecular flexibility index (Phi) is 3.38. The molecule has 3 aromatic carbocycles. The van der Waals surface area contributed by atoms with Crippen molar-refractivity contribution in [3.63, 3.8) is 0 Å². The predicted molar refractivity (Wildman–Crippen MR) is 106 cm³/mol. The molecule has 0 amide bonds. The summed E-state index contributed by atoms with van der Waals surface area (Å²) in [5.41, 5.74) is 0.512. The monoisotopic (exact) mass is 376 g/mol. The van der Waals surface area contributed by atoms with Crippen LogP contribution in [0.5, 0.6) is 0 Å². The Bertz CT molecular complexity index is 1250. The molecule has 1 aliphatic heterocycles. The maximum absolute atomic E-state index is 15.9. The third-order valence-electron chi connectivity index (χ3n) is 5.31. The Labute approximate surface area is 160 Å². The fraction of sp³-hybridized carbons (Fsp3) is 0.182. The van der Waals surface area contributed by atoms with Crippen molar-refractivity contribution in [2.75, 3.05) is 5.32 Å². The first-order chi connectivity index (χ1) is 13.4. The summed E-state index contributed by atoms with van der Waals surface area (Å²) in [5.74, 6) is -0.0873. The van der Waals surface area contributed by atoms with Crippen molar-refractivity contribution >= 4 is 16.5 Å². The van der Waals surface area contributed by atoms with Crippen LogP contribution >= 0.6 is 0 Å². The van der Waals surface area contributed by atoms with Gasteiger partial charge in [0, 0.05) is 6.07 Å². The zero-order valence-electron chi connectivity index (χ0n) is 15.7. The number of nitrogens with zero attached hydrogens (tertiary/aromatic N) is 3. The summed E-state index contributed by atoms with van der Waals surface area (Å²) >= 11 is 0. The highest BCUT2D eigenvalue weighted by Crippen LogP contribution is 2.43. The van der Waals surface area contributed by atoms with Crippen LogP contribution in [0.25, 0.3) is 27.6 Å². The fourth-order valence-corrected chi connectivity index (χ4v) is 4.04. The normalized spacial score (nSPS) is 14.5. The summed E-state index contributed by atoms with van der Waals surface area (Å²) in [6, 6.07) is 14.4. The van der Waals surface area contributed by atoms with Gasteiger partial charge in [-0.15, -0.1) is 10.2 Å². The fourth-order valence-electron chi connectivity index (χ4n) is 4.04. The van der Waals surface area contributed by atoms with E-state index in [1.807, 2.05) is 50.2 Å². The quantitative estimate of drug-likeness (QED) is 0.488. The molecule has 0 fully saturated rings. The van der Waals surface area contributed by atoms with Gasteiger partial charge in [0.25, 0.3) is 0 Å². The van der Waals surface area contributed by atoms with E-state index in [0.717, 1.165) is 10.8 Å². The second-order valence-electron chi connectivity index (χ2n) is 7.63. The number of nitrogens with one attached hydrogen (secondary N) is 1. The lowest BCUT2D eigenvalue weighted by Crippen LogP contribution is -2.36. The molecule has 0 saturated carbocycles. The molecule has 0 spiro atoms. The molecule has 1 N–H and O–H groups in total. The van der Waals surface area contributed by atoms with Gasteiger partial charge in [-0.05, 0) is 37.1 Å². The van der Waals surface area contributed by atoms with Gasteiger partial charge in [0.15, 0.2) is 11.6 Å². The minimum absolute atomic E-state index is 0.0453. The van der Waals surface area contributed by atoms with E-state index in [0.29, 0.717) is 22.9 Å². The van der Waals surface area contributed by atoms with Crippen molar-refractivity contribution in [1.82, 2.24) is 14.8 Å². The number of fused-ring (bicyclic) bond motifs is 4. The Morgan fingerprint density at radius 3 is 2.57 bits per heavy atom. The average molecular weight is 376 g/mol. The zero-order chi connectivity index (χ0) is 19.6.